The van der Waals surface area contributed by atoms with E-state index in [1.807, 2.05) is 0 Å². The first-order chi connectivity index (χ1) is 13.0. The highest BCUT2D eigenvalue weighted by atomic mass is 19.1. The number of benzene rings is 2. The standard InChI is InChI=1S/C20H22F2N2O3/c1-24-10-8-17(9-11-24)27-16-5-3-15(4-6-16)23-20(25)13-26-19-7-2-14(21)12-18(19)22/h2-7,12,17H,8-11,13H2,1H3,(H,23,25). The largest absolute Gasteiger partial charge is 0.490 e. The molecule has 0 aliphatic carbocycles. The summed E-state index contributed by atoms with van der Waals surface area (Å²) in [5, 5.41) is 2.66. The second kappa shape index (κ2) is 8.81. The molecular formula is C20H22F2N2O3. The van der Waals surface area contributed by atoms with Gasteiger partial charge in [-0.15, -0.1) is 0 Å². The summed E-state index contributed by atoms with van der Waals surface area (Å²) < 4.78 is 37.3. The molecular weight excluding hydrogens is 354 g/mol. The molecule has 2 aromatic carbocycles. The molecule has 1 heterocycles. The zero-order valence-electron chi connectivity index (χ0n) is 15.1. The van der Waals surface area contributed by atoms with Crippen molar-refractivity contribution in [3.05, 3.63) is 54.1 Å². The van der Waals surface area contributed by atoms with Gasteiger partial charge >= 0.3 is 0 Å². The molecule has 0 aromatic heterocycles. The molecule has 3 rings (SSSR count). The molecule has 5 nitrogen and oxygen atoms in total. The van der Waals surface area contributed by atoms with Gasteiger partial charge in [0.25, 0.3) is 5.91 Å². The van der Waals surface area contributed by atoms with Gasteiger partial charge in [-0.1, -0.05) is 0 Å². The van der Waals surface area contributed by atoms with Crippen molar-refractivity contribution < 1.29 is 23.0 Å². The number of likely N-dealkylation sites (tertiary alicyclic amines) is 1. The zero-order chi connectivity index (χ0) is 19.2. The van der Waals surface area contributed by atoms with Gasteiger partial charge in [-0.2, -0.15) is 0 Å². The molecule has 2 aromatic rings. The summed E-state index contributed by atoms with van der Waals surface area (Å²) in [6.07, 6.45) is 2.19. The van der Waals surface area contributed by atoms with Crippen molar-refractivity contribution in [2.24, 2.45) is 0 Å². The maximum Gasteiger partial charge on any atom is 0.262 e. The van der Waals surface area contributed by atoms with E-state index < -0.39 is 17.5 Å². The van der Waals surface area contributed by atoms with Crippen molar-refractivity contribution in [3.8, 4) is 11.5 Å². The first-order valence-electron chi connectivity index (χ1n) is 8.82. The van der Waals surface area contributed by atoms with Crippen molar-refractivity contribution in [3.63, 3.8) is 0 Å². The molecule has 1 N–H and O–H groups in total. The van der Waals surface area contributed by atoms with Crippen molar-refractivity contribution in [1.82, 2.24) is 4.90 Å². The molecule has 1 amide bonds. The first kappa shape index (κ1) is 19.1. The smallest absolute Gasteiger partial charge is 0.262 e. The number of nitrogens with zero attached hydrogens (tertiary/aromatic N) is 1. The van der Waals surface area contributed by atoms with E-state index in [1.54, 1.807) is 24.3 Å². The Morgan fingerprint density at radius 1 is 1.15 bits per heavy atom. The number of piperidine rings is 1. The molecule has 0 radical (unpaired) electrons. The van der Waals surface area contributed by atoms with Crippen molar-refractivity contribution in [1.29, 1.82) is 0 Å². The summed E-state index contributed by atoms with van der Waals surface area (Å²) in [7, 11) is 2.10. The molecule has 27 heavy (non-hydrogen) atoms. The van der Waals surface area contributed by atoms with E-state index in [4.69, 9.17) is 9.47 Å². The summed E-state index contributed by atoms with van der Waals surface area (Å²) in [6.45, 7) is 1.66. The molecule has 1 saturated heterocycles. The van der Waals surface area contributed by atoms with E-state index in [0.717, 1.165) is 43.8 Å². The normalized spacial score (nSPS) is 15.4. The number of anilines is 1. The highest BCUT2D eigenvalue weighted by molar-refractivity contribution is 5.91. The monoisotopic (exact) mass is 376 g/mol. The molecule has 1 aliphatic heterocycles. The van der Waals surface area contributed by atoms with Gasteiger partial charge in [0.15, 0.2) is 18.2 Å². The van der Waals surface area contributed by atoms with E-state index >= 15 is 0 Å². The Labute approximate surface area is 156 Å². The molecule has 0 atom stereocenters. The number of rotatable bonds is 6. The lowest BCUT2D eigenvalue weighted by molar-refractivity contribution is -0.118. The summed E-state index contributed by atoms with van der Waals surface area (Å²) >= 11 is 0. The van der Waals surface area contributed by atoms with Crippen LogP contribution in [0.4, 0.5) is 14.5 Å². The minimum Gasteiger partial charge on any atom is -0.490 e. The minimum atomic E-state index is -0.849. The van der Waals surface area contributed by atoms with Gasteiger partial charge in [0.1, 0.15) is 17.7 Å². The number of halogens is 2. The molecule has 0 unspecified atom stereocenters. The van der Waals surface area contributed by atoms with E-state index in [2.05, 4.69) is 17.3 Å². The van der Waals surface area contributed by atoms with Crippen LogP contribution in [-0.4, -0.2) is 43.7 Å². The third-order valence-corrected chi connectivity index (χ3v) is 4.36. The van der Waals surface area contributed by atoms with Crippen LogP contribution >= 0.6 is 0 Å². The van der Waals surface area contributed by atoms with Crippen molar-refractivity contribution >= 4 is 11.6 Å². The number of carbonyl (C=O) groups excluding carboxylic acids is 1. The van der Waals surface area contributed by atoms with Crippen LogP contribution in [0.5, 0.6) is 11.5 Å². The van der Waals surface area contributed by atoms with Crippen LogP contribution < -0.4 is 14.8 Å². The molecule has 1 aliphatic rings. The van der Waals surface area contributed by atoms with Crippen LogP contribution in [0.2, 0.25) is 0 Å². The summed E-state index contributed by atoms with van der Waals surface area (Å²) in [5.74, 6) is -1.41. The molecule has 0 saturated carbocycles. The Hall–Kier alpha value is -2.67. The quantitative estimate of drug-likeness (QED) is 0.839. The van der Waals surface area contributed by atoms with Crippen LogP contribution in [-0.2, 0) is 4.79 Å². The van der Waals surface area contributed by atoms with Gasteiger partial charge in [-0.3, -0.25) is 4.79 Å². The predicted molar refractivity (Wildman–Crippen MR) is 98.1 cm³/mol. The molecule has 7 heteroatoms. The third-order valence-electron chi connectivity index (χ3n) is 4.36. The van der Waals surface area contributed by atoms with Crippen LogP contribution in [0.3, 0.4) is 0 Å². The second-order valence-electron chi connectivity index (χ2n) is 6.56. The number of ether oxygens (including phenoxy) is 2. The van der Waals surface area contributed by atoms with E-state index in [0.29, 0.717) is 11.8 Å². The third kappa shape index (κ3) is 5.65. The second-order valence-corrected chi connectivity index (χ2v) is 6.56. The van der Waals surface area contributed by atoms with Crippen molar-refractivity contribution in [2.75, 3.05) is 32.1 Å². The Balaban J connectivity index is 1.46. The van der Waals surface area contributed by atoms with E-state index in [1.165, 1.54) is 0 Å². The predicted octanol–water partition coefficient (Wildman–Crippen LogP) is 3.46. The fourth-order valence-corrected chi connectivity index (χ4v) is 2.84. The summed E-state index contributed by atoms with van der Waals surface area (Å²) in [6, 6.07) is 9.99. The van der Waals surface area contributed by atoms with Gasteiger partial charge in [-0.25, -0.2) is 8.78 Å². The van der Waals surface area contributed by atoms with Crippen LogP contribution in [0.25, 0.3) is 0 Å². The number of amides is 1. The Bertz CT molecular complexity index is 775. The lowest BCUT2D eigenvalue weighted by Crippen LogP contribution is -2.35. The molecule has 0 bridgehead atoms. The fraction of sp³-hybridized carbons (Fsp3) is 0.350. The topological polar surface area (TPSA) is 50.8 Å². The average Bonchev–Trinajstić information content (AvgIpc) is 2.64. The summed E-state index contributed by atoms with van der Waals surface area (Å²) in [5.41, 5.74) is 0.582. The van der Waals surface area contributed by atoms with Gasteiger partial charge in [0.2, 0.25) is 0 Å². The number of hydrogen-bond donors (Lipinski definition) is 1. The Kier molecular flexibility index (Phi) is 6.24. The van der Waals surface area contributed by atoms with E-state index in [-0.39, 0.29) is 18.5 Å². The first-order valence-corrected chi connectivity index (χ1v) is 8.82. The Morgan fingerprint density at radius 3 is 2.52 bits per heavy atom. The fourth-order valence-electron chi connectivity index (χ4n) is 2.84. The maximum atomic E-state index is 13.5. The number of nitrogens with one attached hydrogen (secondary N) is 1. The molecule has 144 valence electrons. The van der Waals surface area contributed by atoms with E-state index in [9.17, 15) is 13.6 Å². The lowest BCUT2D eigenvalue weighted by atomic mass is 10.1. The van der Waals surface area contributed by atoms with Crippen LogP contribution in [0.15, 0.2) is 42.5 Å². The molecule has 1 fully saturated rings. The van der Waals surface area contributed by atoms with Gasteiger partial charge in [0.05, 0.1) is 0 Å². The molecule has 0 spiro atoms. The van der Waals surface area contributed by atoms with Gasteiger partial charge in [0, 0.05) is 24.8 Å². The Morgan fingerprint density at radius 2 is 1.85 bits per heavy atom. The SMILES string of the molecule is CN1CCC(Oc2ccc(NC(=O)COc3ccc(F)cc3F)cc2)CC1. The van der Waals surface area contributed by atoms with Crippen LogP contribution in [0, 0.1) is 11.6 Å². The van der Waals surface area contributed by atoms with Crippen LogP contribution in [0.1, 0.15) is 12.8 Å². The lowest BCUT2D eigenvalue weighted by Gasteiger charge is -2.29. The number of hydrogen-bond acceptors (Lipinski definition) is 4. The minimum absolute atomic E-state index is 0.173. The van der Waals surface area contributed by atoms with Gasteiger partial charge in [-0.05, 0) is 56.3 Å². The van der Waals surface area contributed by atoms with Crippen molar-refractivity contribution in [2.45, 2.75) is 18.9 Å². The maximum absolute atomic E-state index is 13.5. The average molecular weight is 376 g/mol. The van der Waals surface area contributed by atoms with Gasteiger partial charge < -0.3 is 19.7 Å². The highest BCUT2D eigenvalue weighted by Gasteiger charge is 2.18. The zero-order valence-corrected chi connectivity index (χ0v) is 15.1. The summed E-state index contributed by atoms with van der Waals surface area (Å²) in [4.78, 5) is 14.2. The number of carbonyl (C=O) groups is 1. The highest BCUT2D eigenvalue weighted by Crippen LogP contribution is 2.21.